The van der Waals surface area contributed by atoms with Gasteiger partial charge < -0.3 is 0 Å². The predicted molar refractivity (Wildman–Crippen MR) is 112 cm³/mol. The Balaban J connectivity index is 1.52. The smallest absolute Gasteiger partial charge is 0.266 e. The molecule has 1 aromatic heterocycles. The number of carbonyl (C=O) groups excluding carboxylic acids is 1. The fourth-order valence-corrected chi connectivity index (χ4v) is 4.22. The first-order valence-electron chi connectivity index (χ1n) is 8.35. The average Bonchev–Trinajstić information content (AvgIpc) is 2.94. The van der Waals surface area contributed by atoms with Gasteiger partial charge in [-0.25, -0.2) is 0 Å². The summed E-state index contributed by atoms with van der Waals surface area (Å²) >= 11 is 6.79. The monoisotopic (exact) mass is 376 g/mol. The summed E-state index contributed by atoms with van der Waals surface area (Å²) in [7, 11) is 0. The van der Waals surface area contributed by atoms with Crippen LogP contribution in [0.1, 0.15) is 11.1 Å². The maximum Gasteiger partial charge on any atom is 0.266 e. The van der Waals surface area contributed by atoms with Gasteiger partial charge >= 0.3 is 0 Å². The molecule has 3 nitrogen and oxygen atoms in total. The SMILES string of the molecule is O=C1C(=Cc2ccc3ncccc3c2)SC(=S)N1CCc1ccccc1. The molecule has 128 valence electrons. The molecule has 2 aromatic carbocycles. The van der Waals surface area contributed by atoms with Gasteiger partial charge in [0, 0.05) is 18.1 Å². The van der Waals surface area contributed by atoms with Crippen LogP contribution in [0.15, 0.2) is 71.8 Å². The third-order valence-corrected chi connectivity index (χ3v) is 5.64. The number of thiocarbonyl (C=S) groups is 1. The fraction of sp³-hybridized carbons (Fsp3) is 0.0952. The van der Waals surface area contributed by atoms with Gasteiger partial charge in [0.1, 0.15) is 4.32 Å². The van der Waals surface area contributed by atoms with Crippen LogP contribution in [0.25, 0.3) is 17.0 Å². The van der Waals surface area contributed by atoms with E-state index in [1.165, 1.54) is 17.3 Å². The number of hydrogen-bond acceptors (Lipinski definition) is 4. The molecule has 0 spiro atoms. The number of hydrogen-bond donors (Lipinski definition) is 0. The van der Waals surface area contributed by atoms with Crippen LogP contribution >= 0.6 is 24.0 Å². The van der Waals surface area contributed by atoms with Gasteiger partial charge in [-0.15, -0.1) is 0 Å². The molecule has 4 rings (SSSR count). The van der Waals surface area contributed by atoms with Gasteiger partial charge in [-0.2, -0.15) is 0 Å². The van der Waals surface area contributed by atoms with Crippen LogP contribution in [0.4, 0.5) is 0 Å². The lowest BCUT2D eigenvalue weighted by Crippen LogP contribution is -2.30. The first-order chi connectivity index (χ1) is 12.7. The van der Waals surface area contributed by atoms with Gasteiger partial charge in [0.2, 0.25) is 0 Å². The molecule has 0 atom stereocenters. The van der Waals surface area contributed by atoms with Gasteiger partial charge in [-0.05, 0) is 41.8 Å². The van der Waals surface area contributed by atoms with Crippen molar-refractivity contribution in [2.75, 3.05) is 6.54 Å². The number of carbonyl (C=O) groups is 1. The van der Waals surface area contributed by atoms with Gasteiger partial charge in [0.25, 0.3) is 5.91 Å². The highest BCUT2D eigenvalue weighted by atomic mass is 32.2. The molecular weight excluding hydrogens is 360 g/mol. The van der Waals surface area contributed by atoms with Crippen molar-refractivity contribution in [3.8, 4) is 0 Å². The van der Waals surface area contributed by atoms with E-state index in [0.29, 0.717) is 15.8 Å². The minimum Gasteiger partial charge on any atom is -0.293 e. The third kappa shape index (κ3) is 3.54. The number of nitrogens with zero attached hydrogens (tertiary/aromatic N) is 2. The Morgan fingerprint density at radius 2 is 1.92 bits per heavy atom. The van der Waals surface area contributed by atoms with E-state index in [4.69, 9.17) is 12.2 Å². The molecule has 0 unspecified atom stereocenters. The molecule has 0 aliphatic carbocycles. The zero-order chi connectivity index (χ0) is 17.9. The molecule has 0 bridgehead atoms. The lowest BCUT2D eigenvalue weighted by Gasteiger charge is -2.14. The number of rotatable bonds is 4. The van der Waals surface area contributed by atoms with E-state index in [-0.39, 0.29) is 5.91 Å². The summed E-state index contributed by atoms with van der Waals surface area (Å²) in [5, 5.41) is 1.06. The molecule has 0 saturated carbocycles. The van der Waals surface area contributed by atoms with Crippen LogP contribution < -0.4 is 0 Å². The van der Waals surface area contributed by atoms with Crippen LogP contribution in [0, 0.1) is 0 Å². The zero-order valence-corrected chi connectivity index (χ0v) is 15.6. The third-order valence-electron chi connectivity index (χ3n) is 4.27. The molecule has 26 heavy (non-hydrogen) atoms. The van der Waals surface area contributed by atoms with Crippen molar-refractivity contribution in [2.45, 2.75) is 6.42 Å². The van der Waals surface area contributed by atoms with Gasteiger partial charge in [-0.1, -0.05) is 66.4 Å². The molecule has 1 amide bonds. The standard InChI is InChI=1S/C21H16N2OS2/c24-20-19(14-16-8-9-18-17(13-16)7-4-11-22-18)26-21(25)23(20)12-10-15-5-2-1-3-6-15/h1-9,11,13-14H,10,12H2. The van der Waals surface area contributed by atoms with E-state index in [2.05, 4.69) is 17.1 Å². The molecule has 1 aliphatic heterocycles. The second-order valence-corrected chi connectivity index (χ2v) is 7.70. The summed E-state index contributed by atoms with van der Waals surface area (Å²) in [5.41, 5.74) is 3.13. The molecule has 1 fully saturated rings. The van der Waals surface area contributed by atoms with Crippen molar-refractivity contribution in [1.29, 1.82) is 0 Å². The Labute approximate surface area is 161 Å². The molecule has 0 radical (unpaired) electrons. The number of thioether (sulfide) groups is 1. The lowest BCUT2D eigenvalue weighted by molar-refractivity contribution is -0.122. The zero-order valence-electron chi connectivity index (χ0n) is 14.0. The maximum absolute atomic E-state index is 12.7. The first-order valence-corrected chi connectivity index (χ1v) is 9.57. The molecule has 5 heteroatoms. The Morgan fingerprint density at radius 1 is 1.08 bits per heavy atom. The van der Waals surface area contributed by atoms with E-state index in [0.717, 1.165) is 22.9 Å². The van der Waals surface area contributed by atoms with Crippen molar-refractivity contribution in [3.63, 3.8) is 0 Å². The van der Waals surface area contributed by atoms with Crippen molar-refractivity contribution >= 4 is 51.2 Å². The number of benzene rings is 2. The summed E-state index contributed by atoms with van der Waals surface area (Å²) in [6.45, 7) is 0.605. The summed E-state index contributed by atoms with van der Waals surface area (Å²) in [4.78, 5) is 19.4. The topological polar surface area (TPSA) is 33.2 Å². The van der Waals surface area contributed by atoms with E-state index in [9.17, 15) is 4.79 Å². The minimum absolute atomic E-state index is 0.0118. The van der Waals surface area contributed by atoms with E-state index >= 15 is 0 Å². The first kappa shape index (κ1) is 16.9. The fourth-order valence-electron chi connectivity index (χ4n) is 2.91. The highest BCUT2D eigenvalue weighted by Gasteiger charge is 2.31. The lowest BCUT2D eigenvalue weighted by atomic mass is 10.1. The molecule has 3 aromatic rings. The highest BCUT2D eigenvalue weighted by Crippen LogP contribution is 2.33. The van der Waals surface area contributed by atoms with E-state index in [1.54, 1.807) is 11.1 Å². The molecule has 2 heterocycles. The Bertz CT molecular complexity index is 1010. The largest absolute Gasteiger partial charge is 0.293 e. The summed E-state index contributed by atoms with van der Waals surface area (Å²) in [6.07, 6.45) is 4.48. The highest BCUT2D eigenvalue weighted by molar-refractivity contribution is 8.26. The second-order valence-electron chi connectivity index (χ2n) is 6.02. The normalized spacial score (nSPS) is 16.0. The van der Waals surface area contributed by atoms with Crippen molar-refractivity contribution in [3.05, 3.63) is 82.9 Å². The molecular formula is C21H16N2OS2. The van der Waals surface area contributed by atoms with Crippen molar-refractivity contribution in [2.24, 2.45) is 0 Å². The quantitative estimate of drug-likeness (QED) is 0.489. The Kier molecular flexibility index (Phi) is 4.82. The minimum atomic E-state index is -0.0118. The number of amides is 1. The second kappa shape index (κ2) is 7.40. The van der Waals surface area contributed by atoms with Crippen LogP contribution in [-0.4, -0.2) is 26.7 Å². The molecule has 1 saturated heterocycles. The van der Waals surface area contributed by atoms with Crippen LogP contribution in [-0.2, 0) is 11.2 Å². The van der Waals surface area contributed by atoms with E-state index in [1.807, 2.05) is 54.6 Å². The molecule has 0 N–H and O–H groups in total. The van der Waals surface area contributed by atoms with Crippen molar-refractivity contribution < 1.29 is 4.79 Å². The number of aromatic nitrogens is 1. The maximum atomic E-state index is 12.7. The average molecular weight is 377 g/mol. The number of pyridine rings is 1. The summed E-state index contributed by atoms with van der Waals surface area (Å²) in [6, 6.07) is 20.1. The Hall–Kier alpha value is -2.50. The van der Waals surface area contributed by atoms with Crippen LogP contribution in [0.3, 0.4) is 0 Å². The summed E-state index contributed by atoms with van der Waals surface area (Å²) in [5.74, 6) is -0.0118. The van der Waals surface area contributed by atoms with Gasteiger partial charge in [0.15, 0.2) is 0 Å². The van der Waals surface area contributed by atoms with Crippen molar-refractivity contribution in [1.82, 2.24) is 9.88 Å². The van der Waals surface area contributed by atoms with Crippen LogP contribution in [0.2, 0.25) is 0 Å². The van der Waals surface area contributed by atoms with Gasteiger partial charge in [0.05, 0.1) is 10.4 Å². The summed E-state index contributed by atoms with van der Waals surface area (Å²) < 4.78 is 0.625. The number of fused-ring (bicyclic) bond motifs is 1. The molecule has 1 aliphatic rings. The van der Waals surface area contributed by atoms with Crippen LogP contribution in [0.5, 0.6) is 0 Å². The van der Waals surface area contributed by atoms with E-state index < -0.39 is 0 Å². The predicted octanol–water partition coefficient (Wildman–Crippen LogP) is 4.68. The van der Waals surface area contributed by atoms with Gasteiger partial charge in [-0.3, -0.25) is 14.7 Å². The Morgan fingerprint density at radius 3 is 2.77 bits per heavy atom.